The second kappa shape index (κ2) is 9.10. The summed E-state index contributed by atoms with van der Waals surface area (Å²) in [6.45, 7) is 6.25. The molecule has 0 spiro atoms. The lowest BCUT2D eigenvalue weighted by Gasteiger charge is -2.39. The minimum Gasteiger partial charge on any atom is -0.340 e. The molecule has 2 aromatic heterocycles. The zero-order valence-corrected chi connectivity index (χ0v) is 16.3. The molecule has 0 aromatic carbocycles. The summed E-state index contributed by atoms with van der Waals surface area (Å²) >= 11 is 0. The number of piperazine rings is 1. The van der Waals surface area contributed by atoms with Crippen LogP contribution in [0.1, 0.15) is 18.4 Å². The molecule has 7 heteroatoms. The van der Waals surface area contributed by atoms with Crippen molar-refractivity contribution < 1.29 is 4.79 Å². The Labute approximate surface area is 166 Å². The highest BCUT2D eigenvalue weighted by molar-refractivity contribution is 5.79. The van der Waals surface area contributed by atoms with Gasteiger partial charge in [0.2, 0.25) is 11.9 Å². The van der Waals surface area contributed by atoms with E-state index in [1.165, 1.54) is 5.56 Å². The molecule has 2 aromatic rings. The van der Waals surface area contributed by atoms with Gasteiger partial charge in [0.1, 0.15) is 0 Å². The predicted octanol–water partition coefficient (Wildman–Crippen LogP) is 1.47. The number of hydrogen-bond acceptors (Lipinski definition) is 6. The van der Waals surface area contributed by atoms with Gasteiger partial charge < -0.3 is 9.80 Å². The molecule has 2 saturated heterocycles. The van der Waals surface area contributed by atoms with Gasteiger partial charge in [-0.2, -0.15) is 0 Å². The number of carbonyl (C=O) groups excluding carboxylic acids is 1. The number of nitrogens with zero attached hydrogens (tertiary/aromatic N) is 6. The predicted molar refractivity (Wildman–Crippen MR) is 108 cm³/mol. The van der Waals surface area contributed by atoms with Crippen LogP contribution < -0.4 is 4.90 Å². The van der Waals surface area contributed by atoms with E-state index >= 15 is 0 Å². The van der Waals surface area contributed by atoms with Gasteiger partial charge in [0, 0.05) is 70.6 Å². The molecule has 7 nitrogen and oxygen atoms in total. The van der Waals surface area contributed by atoms with Gasteiger partial charge in [0.15, 0.2) is 0 Å². The number of piperidine rings is 1. The zero-order chi connectivity index (χ0) is 19.2. The van der Waals surface area contributed by atoms with Crippen LogP contribution in [0.25, 0.3) is 0 Å². The molecular weight excluding hydrogens is 352 g/mol. The third kappa shape index (κ3) is 4.65. The number of hydrogen-bond donors (Lipinski definition) is 0. The Bertz CT molecular complexity index is 748. The van der Waals surface area contributed by atoms with E-state index in [9.17, 15) is 4.79 Å². The van der Waals surface area contributed by atoms with E-state index in [-0.39, 0.29) is 5.92 Å². The van der Waals surface area contributed by atoms with Gasteiger partial charge in [0.05, 0.1) is 5.92 Å². The second-order valence-corrected chi connectivity index (χ2v) is 7.61. The minimum absolute atomic E-state index is 0.0564. The van der Waals surface area contributed by atoms with Crippen LogP contribution in [0.15, 0.2) is 43.0 Å². The first-order chi connectivity index (χ1) is 13.8. The lowest BCUT2D eigenvalue weighted by Crippen LogP contribution is -2.52. The minimum atomic E-state index is 0.0564. The van der Waals surface area contributed by atoms with Gasteiger partial charge in [0.25, 0.3) is 0 Å². The smallest absolute Gasteiger partial charge is 0.227 e. The molecule has 1 amide bonds. The Balaban J connectivity index is 1.25. The first-order valence-corrected chi connectivity index (χ1v) is 10.2. The average Bonchev–Trinajstić information content (AvgIpc) is 2.79. The highest BCUT2D eigenvalue weighted by atomic mass is 16.2. The molecule has 1 atom stereocenters. The maximum absolute atomic E-state index is 13.0. The topological polar surface area (TPSA) is 65.5 Å². The van der Waals surface area contributed by atoms with E-state index in [1.807, 2.05) is 18.5 Å². The van der Waals surface area contributed by atoms with Crippen LogP contribution in [-0.2, 0) is 11.2 Å². The van der Waals surface area contributed by atoms with Crippen molar-refractivity contribution in [2.45, 2.75) is 19.3 Å². The number of aromatic nitrogens is 3. The van der Waals surface area contributed by atoms with Crippen LogP contribution in [0.2, 0.25) is 0 Å². The summed E-state index contributed by atoms with van der Waals surface area (Å²) in [5, 5.41) is 0. The first kappa shape index (κ1) is 18.8. The average molecular weight is 380 g/mol. The van der Waals surface area contributed by atoms with E-state index in [2.05, 4.69) is 41.8 Å². The van der Waals surface area contributed by atoms with Crippen molar-refractivity contribution in [3.63, 3.8) is 0 Å². The van der Waals surface area contributed by atoms with Crippen molar-refractivity contribution in [2.75, 3.05) is 50.7 Å². The molecule has 4 rings (SSSR count). The summed E-state index contributed by atoms with van der Waals surface area (Å²) in [7, 11) is 0. The molecule has 0 saturated carbocycles. The van der Waals surface area contributed by atoms with Gasteiger partial charge in [-0.3, -0.25) is 14.7 Å². The van der Waals surface area contributed by atoms with Crippen molar-refractivity contribution >= 4 is 11.9 Å². The van der Waals surface area contributed by atoms with Gasteiger partial charge in [-0.1, -0.05) is 0 Å². The van der Waals surface area contributed by atoms with Crippen molar-refractivity contribution in [1.82, 2.24) is 24.8 Å². The summed E-state index contributed by atoms with van der Waals surface area (Å²) in [4.78, 5) is 32.5. The van der Waals surface area contributed by atoms with Crippen molar-refractivity contribution in [2.24, 2.45) is 5.92 Å². The van der Waals surface area contributed by atoms with Crippen LogP contribution in [-0.4, -0.2) is 76.5 Å². The normalized spacial score (nSPS) is 20.9. The molecular formula is C21H28N6O. The van der Waals surface area contributed by atoms with E-state index in [4.69, 9.17) is 0 Å². The quantitative estimate of drug-likeness (QED) is 0.783. The van der Waals surface area contributed by atoms with Crippen LogP contribution in [0, 0.1) is 5.92 Å². The Morgan fingerprint density at radius 1 is 1.00 bits per heavy atom. The Kier molecular flexibility index (Phi) is 6.11. The molecule has 2 aliphatic heterocycles. The maximum atomic E-state index is 13.0. The molecule has 0 N–H and O–H groups in total. The fourth-order valence-electron chi connectivity index (χ4n) is 4.10. The first-order valence-electron chi connectivity index (χ1n) is 10.2. The van der Waals surface area contributed by atoms with Crippen molar-refractivity contribution in [3.05, 3.63) is 48.5 Å². The number of rotatable bonds is 5. The lowest BCUT2D eigenvalue weighted by molar-refractivity contribution is -0.137. The maximum Gasteiger partial charge on any atom is 0.227 e. The Hall–Kier alpha value is -2.54. The molecule has 0 radical (unpaired) electrons. The fraction of sp³-hybridized carbons (Fsp3) is 0.524. The summed E-state index contributed by atoms with van der Waals surface area (Å²) < 4.78 is 0. The van der Waals surface area contributed by atoms with E-state index in [0.29, 0.717) is 5.91 Å². The molecule has 2 fully saturated rings. The fourth-order valence-corrected chi connectivity index (χ4v) is 4.10. The van der Waals surface area contributed by atoms with Crippen LogP contribution in [0.4, 0.5) is 5.95 Å². The van der Waals surface area contributed by atoms with Crippen LogP contribution in [0.5, 0.6) is 0 Å². The molecule has 4 heterocycles. The Morgan fingerprint density at radius 2 is 1.75 bits per heavy atom. The second-order valence-electron chi connectivity index (χ2n) is 7.61. The highest BCUT2D eigenvalue weighted by Crippen LogP contribution is 2.22. The van der Waals surface area contributed by atoms with Gasteiger partial charge in [-0.25, -0.2) is 9.97 Å². The molecule has 0 unspecified atom stereocenters. The molecule has 2 aliphatic rings. The largest absolute Gasteiger partial charge is 0.340 e. The Morgan fingerprint density at radius 3 is 2.50 bits per heavy atom. The third-order valence-electron chi connectivity index (χ3n) is 5.76. The van der Waals surface area contributed by atoms with E-state index < -0.39 is 0 Å². The number of carbonyl (C=O) groups is 1. The molecule has 148 valence electrons. The number of amides is 1. The number of pyridine rings is 1. The van der Waals surface area contributed by atoms with Gasteiger partial charge >= 0.3 is 0 Å². The summed E-state index contributed by atoms with van der Waals surface area (Å²) in [5.74, 6) is 1.09. The standard InChI is InChI=1S/C21H28N6O/c28-20(19-3-1-11-27(17-19)21-23-7-2-8-24-21)26-15-13-25(14-16-26)12-6-18-4-9-22-10-5-18/h2,4-5,7-10,19H,1,3,6,11-17H2/t19-/m0/s1. The van der Waals surface area contributed by atoms with Gasteiger partial charge in [-0.15, -0.1) is 0 Å². The van der Waals surface area contributed by atoms with Crippen molar-refractivity contribution in [1.29, 1.82) is 0 Å². The highest BCUT2D eigenvalue weighted by Gasteiger charge is 2.31. The monoisotopic (exact) mass is 380 g/mol. The van der Waals surface area contributed by atoms with Crippen LogP contribution in [0.3, 0.4) is 0 Å². The summed E-state index contributed by atoms with van der Waals surface area (Å²) in [5.41, 5.74) is 1.32. The lowest BCUT2D eigenvalue weighted by atomic mass is 9.96. The van der Waals surface area contributed by atoms with Gasteiger partial charge in [-0.05, 0) is 43.0 Å². The van der Waals surface area contributed by atoms with E-state index in [0.717, 1.165) is 71.0 Å². The zero-order valence-electron chi connectivity index (χ0n) is 16.3. The molecule has 0 bridgehead atoms. The third-order valence-corrected chi connectivity index (χ3v) is 5.76. The summed E-state index contributed by atoms with van der Waals surface area (Å²) in [6, 6.07) is 5.97. The molecule has 28 heavy (non-hydrogen) atoms. The SMILES string of the molecule is O=C([C@H]1CCCN(c2ncccn2)C1)N1CCN(CCc2ccncc2)CC1. The number of anilines is 1. The summed E-state index contributed by atoms with van der Waals surface area (Å²) in [6.07, 6.45) is 10.2. The van der Waals surface area contributed by atoms with Crippen molar-refractivity contribution in [3.8, 4) is 0 Å². The van der Waals surface area contributed by atoms with E-state index in [1.54, 1.807) is 12.4 Å². The van der Waals surface area contributed by atoms with Crippen LogP contribution >= 0.6 is 0 Å². The molecule has 0 aliphatic carbocycles.